The van der Waals surface area contributed by atoms with Crippen LogP contribution in [0.25, 0.3) is 0 Å². The van der Waals surface area contributed by atoms with Crippen LogP contribution >= 0.6 is 0 Å². The highest BCUT2D eigenvalue weighted by Crippen LogP contribution is 2.11. The van der Waals surface area contributed by atoms with E-state index in [0.29, 0.717) is 0 Å². The van der Waals surface area contributed by atoms with Crippen molar-refractivity contribution in [2.24, 2.45) is 5.14 Å². The molecule has 0 atom stereocenters. The molecule has 1 aromatic carbocycles. The number of nitrogens with two attached hydrogens (primary N) is 1. The van der Waals surface area contributed by atoms with Crippen LogP contribution in [0, 0.1) is 0 Å². The van der Waals surface area contributed by atoms with Gasteiger partial charge in [0.1, 0.15) is 5.75 Å². The first-order valence-electron chi connectivity index (χ1n) is 3.91. The fraction of sp³-hybridized carbons (Fsp3) is 0.250. The van der Waals surface area contributed by atoms with E-state index in [1.165, 1.54) is 19.2 Å². The number of benzene rings is 1. The zero-order valence-electron chi connectivity index (χ0n) is 7.71. The molecule has 0 aliphatic heterocycles. The van der Waals surface area contributed by atoms with E-state index in [4.69, 9.17) is 10.2 Å². The van der Waals surface area contributed by atoms with Crippen molar-refractivity contribution in [3.63, 3.8) is 0 Å². The van der Waals surface area contributed by atoms with E-state index in [9.17, 15) is 8.42 Å². The van der Waals surface area contributed by atoms with Crippen molar-refractivity contribution in [1.82, 2.24) is 4.31 Å². The van der Waals surface area contributed by atoms with Gasteiger partial charge in [0.15, 0.2) is 0 Å². The number of rotatable bonds is 3. The van der Waals surface area contributed by atoms with Gasteiger partial charge in [-0.15, -0.1) is 0 Å². The summed E-state index contributed by atoms with van der Waals surface area (Å²) in [6.07, 6.45) is 0. The summed E-state index contributed by atoms with van der Waals surface area (Å²) in [6.45, 7) is 0.194. The SMILES string of the molecule is CN(Cc1ccc(O)cc1)S(N)(=O)=O. The molecular formula is C8H12N2O3S. The number of phenols is 1. The van der Waals surface area contributed by atoms with Crippen molar-refractivity contribution < 1.29 is 13.5 Å². The molecule has 6 heteroatoms. The fourth-order valence-electron chi connectivity index (χ4n) is 0.948. The number of hydrogen-bond acceptors (Lipinski definition) is 3. The predicted molar refractivity (Wildman–Crippen MR) is 52.7 cm³/mol. The molecule has 1 aromatic rings. The standard InChI is InChI=1S/C8H12N2O3S/c1-10(14(9,12)13)6-7-2-4-8(11)5-3-7/h2-5,11H,6H2,1H3,(H2,9,12,13). The molecule has 5 nitrogen and oxygen atoms in total. The average molecular weight is 216 g/mol. The molecule has 0 aliphatic rings. The zero-order valence-corrected chi connectivity index (χ0v) is 8.53. The Morgan fingerprint density at radius 3 is 2.29 bits per heavy atom. The first-order chi connectivity index (χ1) is 6.39. The summed E-state index contributed by atoms with van der Waals surface area (Å²) in [5.74, 6) is 0.145. The van der Waals surface area contributed by atoms with Crippen LogP contribution in [0.3, 0.4) is 0 Å². The second-order valence-corrected chi connectivity index (χ2v) is 4.62. The molecule has 0 saturated carbocycles. The highest BCUT2D eigenvalue weighted by molar-refractivity contribution is 7.86. The molecule has 14 heavy (non-hydrogen) atoms. The highest BCUT2D eigenvalue weighted by Gasteiger charge is 2.11. The maximum absolute atomic E-state index is 10.9. The number of hydrogen-bond donors (Lipinski definition) is 2. The van der Waals surface area contributed by atoms with E-state index in [0.717, 1.165) is 9.87 Å². The first-order valence-corrected chi connectivity index (χ1v) is 5.42. The molecule has 3 N–H and O–H groups in total. The van der Waals surface area contributed by atoms with Crippen LogP contribution in [0.15, 0.2) is 24.3 Å². The van der Waals surface area contributed by atoms with Crippen LogP contribution in [0.5, 0.6) is 5.75 Å². The van der Waals surface area contributed by atoms with Crippen LogP contribution < -0.4 is 5.14 Å². The predicted octanol–water partition coefficient (Wildman–Crippen LogP) is 0.0275. The van der Waals surface area contributed by atoms with Gasteiger partial charge >= 0.3 is 0 Å². The Morgan fingerprint density at radius 1 is 1.36 bits per heavy atom. The monoisotopic (exact) mass is 216 g/mol. The Kier molecular flexibility index (Phi) is 3.10. The third-order valence-electron chi connectivity index (χ3n) is 1.78. The van der Waals surface area contributed by atoms with Crippen molar-refractivity contribution in [2.75, 3.05) is 7.05 Å². The summed E-state index contributed by atoms with van der Waals surface area (Å²) in [5, 5.41) is 13.9. The Balaban J connectivity index is 2.75. The van der Waals surface area contributed by atoms with Gasteiger partial charge in [-0.25, -0.2) is 5.14 Å². The lowest BCUT2D eigenvalue weighted by Crippen LogP contribution is -2.32. The lowest BCUT2D eigenvalue weighted by molar-refractivity contribution is 0.464. The molecule has 78 valence electrons. The van der Waals surface area contributed by atoms with Crippen molar-refractivity contribution in [1.29, 1.82) is 0 Å². The van der Waals surface area contributed by atoms with Gasteiger partial charge in [0.05, 0.1) is 0 Å². The quantitative estimate of drug-likeness (QED) is 0.747. The maximum atomic E-state index is 10.9. The summed E-state index contributed by atoms with van der Waals surface area (Å²) < 4.78 is 22.7. The lowest BCUT2D eigenvalue weighted by Gasteiger charge is -2.13. The number of nitrogens with zero attached hydrogens (tertiary/aromatic N) is 1. The smallest absolute Gasteiger partial charge is 0.276 e. The van der Waals surface area contributed by atoms with Crippen LogP contribution in [0.2, 0.25) is 0 Å². The molecule has 0 aromatic heterocycles. The Hall–Kier alpha value is -1.11. The minimum atomic E-state index is -3.64. The van der Waals surface area contributed by atoms with Gasteiger partial charge < -0.3 is 5.11 Å². The molecule has 1 rings (SSSR count). The van der Waals surface area contributed by atoms with Crippen LogP contribution in [0.4, 0.5) is 0 Å². The summed E-state index contributed by atoms with van der Waals surface area (Å²) in [6, 6.07) is 6.26. The third-order valence-corrected chi connectivity index (χ3v) is 2.77. The Labute approximate surface area is 83.0 Å². The second-order valence-electron chi connectivity index (χ2n) is 2.97. The lowest BCUT2D eigenvalue weighted by atomic mass is 10.2. The number of aromatic hydroxyl groups is 1. The molecule has 0 saturated heterocycles. The molecule has 0 bridgehead atoms. The summed E-state index contributed by atoms with van der Waals surface area (Å²) in [4.78, 5) is 0. The molecule has 0 spiro atoms. The van der Waals surface area contributed by atoms with E-state index in [2.05, 4.69) is 0 Å². The third kappa shape index (κ3) is 2.99. The summed E-state index contributed by atoms with van der Waals surface area (Å²) >= 11 is 0. The van der Waals surface area contributed by atoms with Gasteiger partial charge in [-0.1, -0.05) is 12.1 Å². The van der Waals surface area contributed by atoms with E-state index in [-0.39, 0.29) is 12.3 Å². The largest absolute Gasteiger partial charge is 0.508 e. The normalized spacial score (nSPS) is 11.9. The van der Waals surface area contributed by atoms with Gasteiger partial charge in [0.2, 0.25) is 0 Å². The minimum absolute atomic E-state index is 0.145. The van der Waals surface area contributed by atoms with E-state index in [1.807, 2.05) is 0 Å². The summed E-state index contributed by atoms with van der Waals surface area (Å²) in [7, 11) is -2.25. The van der Waals surface area contributed by atoms with E-state index in [1.54, 1.807) is 12.1 Å². The molecule has 0 unspecified atom stereocenters. The van der Waals surface area contributed by atoms with Gasteiger partial charge in [-0.3, -0.25) is 0 Å². The molecule has 0 fully saturated rings. The Bertz CT molecular complexity index is 399. The Morgan fingerprint density at radius 2 is 1.86 bits per heavy atom. The van der Waals surface area contributed by atoms with Crippen molar-refractivity contribution >= 4 is 10.2 Å². The highest BCUT2D eigenvalue weighted by atomic mass is 32.2. The van der Waals surface area contributed by atoms with Crippen molar-refractivity contribution in [3.8, 4) is 5.75 Å². The van der Waals surface area contributed by atoms with Gasteiger partial charge in [-0.2, -0.15) is 12.7 Å². The molecule has 0 heterocycles. The van der Waals surface area contributed by atoms with Gasteiger partial charge in [0.25, 0.3) is 10.2 Å². The first kappa shape index (κ1) is 11.0. The van der Waals surface area contributed by atoms with Crippen LogP contribution in [-0.2, 0) is 16.8 Å². The van der Waals surface area contributed by atoms with Crippen molar-refractivity contribution in [2.45, 2.75) is 6.54 Å². The summed E-state index contributed by atoms with van der Waals surface area (Å²) in [5.41, 5.74) is 0.763. The second kappa shape index (κ2) is 3.95. The van der Waals surface area contributed by atoms with E-state index >= 15 is 0 Å². The fourth-order valence-corrected chi connectivity index (χ4v) is 1.28. The van der Waals surface area contributed by atoms with Gasteiger partial charge in [0, 0.05) is 13.6 Å². The molecule has 0 amide bonds. The molecule has 0 radical (unpaired) electrons. The minimum Gasteiger partial charge on any atom is -0.508 e. The van der Waals surface area contributed by atoms with Gasteiger partial charge in [-0.05, 0) is 17.7 Å². The topological polar surface area (TPSA) is 83.6 Å². The number of phenolic OH excluding ortho intramolecular Hbond substituents is 1. The maximum Gasteiger partial charge on any atom is 0.276 e. The molecular weight excluding hydrogens is 204 g/mol. The van der Waals surface area contributed by atoms with Crippen LogP contribution in [0.1, 0.15) is 5.56 Å². The van der Waals surface area contributed by atoms with Crippen molar-refractivity contribution in [3.05, 3.63) is 29.8 Å². The zero-order chi connectivity index (χ0) is 10.8. The average Bonchev–Trinajstić information content (AvgIpc) is 2.07. The van der Waals surface area contributed by atoms with E-state index < -0.39 is 10.2 Å². The van der Waals surface area contributed by atoms with Crippen LogP contribution in [-0.4, -0.2) is 24.9 Å². The molecule has 0 aliphatic carbocycles.